The number of nitrogens with two attached hydrogens (primary N) is 1. The Labute approximate surface area is 83.3 Å². The van der Waals surface area contributed by atoms with E-state index >= 15 is 0 Å². The summed E-state index contributed by atoms with van der Waals surface area (Å²) in [5.74, 6) is -0.312. The maximum absolute atomic E-state index is 10.7. The third kappa shape index (κ3) is 3.57. The summed E-state index contributed by atoms with van der Waals surface area (Å²) in [6.07, 6.45) is 6.39. The minimum atomic E-state index is -0.312. The van der Waals surface area contributed by atoms with Crippen molar-refractivity contribution in [2.75, 3.05) is 6.54 Å². The van der Waals surface area contributed by atoms with Crippen LogP contribution in [-0.4, -0.2) is 28.0 Å². The van der Waals surface area contributed by atoms with Gasteiger partial charge in [0.1, 0.15) is 0 Å². The minimum absolute atomic E-state index is 0.252. The van der Waals surface area contributed by atoms with Crippen molar-refractivity contribution in [2.24, 2.45) is 5.73 Å². The van der Waals surface area contributed by atoms with Crippen molar-refractivity contribution >= 4 is 5.91 Å². The molecule has 5 nitrogen and oxygen atoms in total. The number of rotatable bonds is 6. The molecule has 0 saturated carbocycles. The lowest BCUT2D eigenvalue weighted by atomic mass is 10.3. The summed E-state index contributed by atoms with van der Waals surface area (Å²) in [4.78, 5) is 14.6. The summed E-state index contributed by atoms with van der Waals surface area (Å²) < 4.78 is 2.00. The molecule has 1 amide bonds. The van der Waals surface area contributed by atoms with Crippen molar-refractivity contribution in [1.29, 1.82) is 0 Å². The number of imidazole rings is 1. The molecule has 0 fully saturated rings. The number of carbonyl (C=O) groups excluding carboxylic acids is 1. The number of amides is 1. The summed E-state index contributed by atoms with van der Waals surface area (Å²) in [5.41, 5.74) is 5.10. The lowest BCUT2D eigenvalue weighted by Crippen LogP contribution is -2.39. The number of aromatic nitrogens is 2. The van der Waals surface area contributed by atoms with Gasteiger partial charge in [0.05, 0.1) is 12.4 Å². The van der Waals surface area contributed by atoms with Crippen molar-refractivity contribution in [3.05, 3.63) is 18.7 Å². The third-order valence-corrected chi connectivity index (χ3v) is 2.03. The molecule has 78 valence electrons. The van der Waals surface area contributed by atoms with Crippen molar-refractivity contribution < 1.29 is 4.79 Å². The molecule has 1 heterocycles. The second-order valence-corrected chi connectivity index (χ2v) is 3.23. The van der Waals surface area contributed by atoms with E-state index in [1.807, 2.05) is 10.8 Å². The lowest BCUT2D eigenvalue weighted by molar-refractivity contribution is -0.119. The number of hydrogen-bond acceptors (Lipinski definition) is 3. The Hall–Kier alpha value is -1.36. The summed E-state index contributed by atoms with van der Waals surface area (Å²) in [6.45, 7) is 3.44. The average molecular weight is 196 g/mol. The Morgan fingerprint density at radius 1 is 1.71 bits per heavy atom. The van der Waals surface area contributed by atoms with Crippen LogP contribution in [0, 0.1) is 0 Å². The maximum Gasteiger partial charge on any atom is 0.234 e. The van der Waals surface area contributed by atoms with Gasteiger partial charge in [-0.2, -0.15) is 0 Å². The molecule has 0 aromatic carbocycles. The number of primary amides is 1. The second-order valence-electron chi connectivity index (χ2n) is 3.23. The van der Waals surface area contributed by atoms with Crippen LogP contribution in [0.15, 0.2) is 18.7 Å². The van der Waals surface area contributed by atoms with Crippen LogP contribution >= 0.6 is 0 Å². The molecule has 0 bridgehead atoms. The maximum atomic E-state index is 10.7. The molecule has 0 spiro atoms. The molecule has 1 unspecified atom stereocenters. The number of hydrogen-bond donors (Lipinski definition) is 2. The van der Waals surface area contributed by atoms with E-state index in [1.54, 1.807) is 19.4 Å². The molecule has 0 saturated heterocycles. The van der Waals surface area contributed by atoms with Crippen LogP contribution in [0.1, 0.15) is 13.3 Å². The molecule has 1 atom stereocenters. The average Bonchev–Trinajstić information content (AvgIpc) is 2.64. The van der Waals surface area contributed by atoms with E-state index < -0.39 is 0 Å². The molecule has 1 aromatic heterocycles. The van der Waals surface area contributed by atoms with Crippen LogP contribution in [0.3, 0.4) is 0 Å². The van der Waals surface area contributed by atoms with Gasteiger partial charge < -0.3 is 15.6 Å². The molecular formula is C9H16N4O. The molecule has 0 radical (unpaired) electrons. The highest BCUT2D eigenvalue weighted by Gasteiger charge is 2.05. The standard InChI is InChI=1S/C9H16N4O/c1-8(9(10)14)12-3-2-5-13-6-4-11-7-13/h4,6-8,12H,2-3,5H2,1H3,(H2,10,14). The zero-order valence-corrected chi connectivity index (χ0v) is 8.31. The van der Waals surface area contributed by atoms with Crippen molar-refractivity contribution in [2.45, 2.75) is 25.9 Å². The first-order chi connectivity index (χ1) is 6.70. The summed E-state index contributed by atoms with van der Waals surface area (Å²) in [6, 6.07) is -0.252. The fourth-order valence-electron chi connectivity index (χ4n) is 1.10. The van der Waals surface area contributed by atoms with Gasteiger partial charge in [0.15, 0.2) is 0 Å². The quantitative estimate of drug-likeness (QED) is 0.615. The second kappa shape index (κ2) is 5.39. The molecule has 3 N–H and O–H groups in total. The lowest BCUT2D eigenvalue weighted by Gasteiger charge is -2.09. The number of aryl methyl sites for hydroxylation is 1. The van der Waals surface area contributed by atoms with Gasteiger partial charge in [0.25, 0.3) is 0 Å². The van der Waals surface area contributed by atoms with E-state index in [-0.39, 0.29) is 11.9 Å². The highest BCUT2D eigenvalue weighted by Crippen LogP contribution is 1.89. The molecule has 1 aromatic rings. The van der Waals surface area contributed by atoms with Crippen LogP contribution in [0.4, 0.5) is 0 Å². The highest BCUT2D eigenvalue weighted by molar-refractivity contribution is 5.79. The molecule has 14 heavy (non-hydrogen) atoms. The summed E-state index contributed by atoms with van der Waals surface area (Å²) >= 11 is 0. The van der Waals surface area contributed by atoms with Crippen LogP contribution in [0.2, 0.25) is 0 Å². The van der Waals surface area contributed by atoms with Gasteiger partial charge >= 0.3 is 0 Å². The van der Waals surface area contributed by atoms with Gasteiger partial charge in [-0.15, -0.1) is 0 Å². The fourth-order valence-corrected chi connectivity index (χ4v) is 1.10. The van der Waals surface area contributed by atoms with Crippen molar-refractivity contribution in [3.8, 4) is 0 Å². The normalized spacial score (nSPS) is 12.6. The molecule has 1 rings (SSSR count). The largest absolute Gasteiger partial charge is 0.368 e. The van der Waals surface area contributed by atoms with E-state index in [4.69, 9.17) is 5.73 Å². The van der Waals surface area contributed by atoms with E-state index in [0.717, 1.165) is 19.5 Å². The molecular weight excluding hydrogens is 180 g/mol. The first-order valence-corrected chi connectivity index (χ1v) is 4.68. The van der Waals surface area contributed by atoms with Gasteiger partial charge in [-0.25, -0.2) is 4.98 Å². The van der Waals surface area contributed by atoms with Crippen molar-refractivity contribution in [3.63, 3.8) is 0 Å². The molecule has 0 aliphatic rings. The van der Waals surface area contributed by atoms with E-state index in [1.165, 1.54) is 0 Å². The van der Waals surface area contributed by atoms with Crippen LogP contribution < -0.4 is 11.1 Å². The smallest absolute Gasteiger partial charge is 0.234 e. The van der Waals surface area contributed by atoms with Crippen molar-refractivity contribution in [1.82, 2.24) is 14.9 Å². The van der Waals surface area contributed by atoms with E-state index in [2.05, 4.69) is 10.3 Å². The van der Waals surface area contributed by atoms with Gasteiger partial charge in [-0.3, -0.25) is 4.79 Å². The summed E-state index contributed by atoms with van der Waals surface area (Å²) in [7, 11) is 0. The monoisotopic (exact) mass is 196 g/mol. The number of carbonyl (C=O) groups is 1. The zero-order valence-electron chi connectivity index (χ0n) is 8.31. The predicted octanol–water partition coefficient (Wildman–Crippen LogP) is -0.263. The van der Waals surface area contributed by atoms with Gasteiger partial charge in [-0.1, -0.05) is 0 Å². The molecule has 5 heteroatoms. The first-order valence-electron chi connectivity index (χ1n) is 4.68. The van der Waals surface area contributed by atoms with Gasteiger partial charge in [0, 0.05) is 18.9 Å². The Kier molecular flexibility index (Phi) is 4.12. The van der Waals surface area contributed by atoms with E-state index in [9.17, 15) is 4.79 Å². The Morgan fingerprint density at radius 2 is 2.50 bits per heavy atom. The Bertz CT molecular complexity index is 270. The fraction of sp³-hybridized carbons (Fsp3) is 0.556. The Balaban J connectivity index is 2.08. The van der Waals surface area contributed by atoms with Crippen LogP contribution in [0.25, 0.3) is 0 Å². The van der Waals surface area contributed by atoms with E-state index in [0.29, 0.717) is 0 Å². The molecule has 0 aliphatic heterocycles. The minimum Gasteiger partial charge on any atom is -0.368 e. The van der Waals surface area contributed by atoms with Crippen LogP contribution in [0.5, 0.6) is 0 Å². The summed E-state index contributed by atoms with van der Waals surface area (Å²) in [5, 5.41) is 3.04. The number of nitrogens with one attached hydrogen (secondary N) is 1. The predicted molar refractivity (Wildman–Crippen MR) is 53.5 cm³/mol. The van der Waals surface area contributed by atoms with Gasteiger partial charge in [0.2, 0.25) is 5.91 Å². The third-order valence-electron chi connectivity index (χ3n) is 2.03. The zero-order chi connectivity index (χ0) is 10.4. The Morgan fingerprint density at radius 3 is 3.07 bits per heavy atom. The highest BCUT2D eigenvalue weighted by atomic mass is 16.1. The topological polar surface area (TPSA) is 72.9 Å². The van der Waals surface area contributed by atoms with Crippen LogP contribution in [-0.2, 0) is 11.3 Å². The first kappa shape index (κ1) is 10.7. The SMILES string of the molecule is CC(NCCCn1ccnc1)C(N)=O. The molecule has 0 aliphatic carbocycles. The van der Waals surface area contributed by atoms with Gasteiger partial charge in [-0.05, 0) is 19.9 Å². The number of nitrogens with zero attached hydrogens (tertiary/aromatic N) is 2.